The maximum Gasteiger partial charge on any atom is 0.0713 e. The van der Waals surface area contributed by atoms with Gasteiger partial charge in [-0.3, -0.25) is 0 Å². The van der Waals surface area contributed by atoms with Gasteiger partial charge in [-0.1, -0.05) is 182 Å². The number of hydrogen-bond donors (Lipinski definition) is 0. The maximum atomic E-state index is 2.42. The van der Waals surface area contributed by atoms with Gasteiger partial charge in [-0.25, -0.2) is 0 Å². The molecule has 0 radical (unpaired) electrons. The fourth-order valence-corrected chi connectivity index (χ4v) is 7.97. The van der Waals surface area contributed by atoms with Crippen molar-refractivity contribution in [3.05, 3.63) is 235 Å². The highest BCUT2D eigenvalue weighted by Gasteiger charge is 2.46. The molecule has 236 valence electrons. The molecule has 50 heavy (non-hydrogen) atoms. The van der Waals surface area contributed by atoms with Gasteiger partial charge in [0.15, 0.2) is 0 Å². The van der Waals surface area contributed by atoms with E-state index in [1.807, 2.05) is 0 Å². The zero-order chi connectivity index (χ0) is 33.3. The molecule has 8 aromatic rings. The molecule has 0 spiro atoms. The topological polar surface area (TPSA) is 3.24 Å². The molecule has 1 aliphatic carbocycles. The Bertz CT molecular complexity index is 2360. The van der Waals surface area contributed by atoms with Gasteiger partial charge in [-0.2, -0.15) is 0 Å². The average Bonchev–Trinajstić information content (AvgIpc) is 3.50. The number of benzene rings is 8. The van der Waals surface area contributed by atoms with E-state index >= 15 is 0 Å². The zero-order valence-electron chi connectivity index (χ0n) is 27.7. The molecule has 1 aliphatic rings. The lowest BCUT2D eigenvalue weighted by atomic mass is 9.68. The number of para-hydroxylation sites is 1. The highest BCUT2D eigenvalue weighted by Crippen LogP contribution is 2.57. The number of anilines is 3. The minimum Gasteiger partial charge on any atom is -0.310 e. The number of rotatable bonds is 7. The monoisotopic (exact) mass is 637 g/mol. The number of fused-ring (bicyclic) bond motifs is 3. The minimum atomic E-state index is -0.433. The van der Waals surface area contributed by atoms with E-state index in [2.05, 4.69) is 217 Å². The van der Waals surface area contributed by atoms with Crippen molar-refractivity contribution >= 4 is 17.1 Å². The SMILES string of the molecule is c1ccc(-c2ccc(N(c3ccc4c(c3)-c3ccccc3C4(c3ccccc3)c3ccccc3)c3ccccc3-c3ccccc3)cc2)cc1. The van der Waals surface area contributed by atoms with E-state index in [1.54, 1.807) is 0 Å². The van der Waals surface area contributed by atoms with Gasteiger partial charge in [-0.05, 0) is 80.4 Å². The third-order valence-electron chi connectivity index (χ3n) is 10.2. The predicted octanol–water partition coefficient (Wildman–Crippen LogP) is 12.9. The van der Waals surface area contributed by atoms with Gasteiger partial charge in [0.05, 0.1) is 11.1 Å². The summed E-state index contributed by atoms with van der Waals surface area (Å²) in [6.07, 6.45) is 0. The molecule has 0 amide bonds. The molecule has 8 aromatic carbocycles. The highest BCUT2D eigenvalue weighted by atomic mass is 15.1. The fraction of sp³-hybridized carbons (Fsp3) is 0.0204. The smallest absolute Gasteiger partial charge is 0.0713 e. The van der Waals surface area contributed by atoms with E-state index in [9.17, 15) is 0 Å². The molecular weight excluding hydrogens is 603 g/mol. The van der Waals surface area contributed by atoms with Crippen LogP contribution in [0.4, 0.5) is 17.1 Å². The molecule has 0 atom stereocenters. The second kappa shape index (κ2) is 12.5. The Labute approximate surface area is 294 Å². The molecule has 1 heteroatoms. The van der Waals surface area contributed by atoms with Crippen LogP contribution in [0, 0.1) is 0 Å². The molecule has 0 fully saturated rings. The summed E-state index contributed by atoms with van der Waals surface area (Å²) in [5, 5.41) is 0. The predicted molar refractivity (Wildman–Crippen MR) is 209 cm³/mol. The first-order valence-corrected chi connectivity index (χ1v) is 17.3. The highest BCUT2D eigenvalue weighted by molar-refractivity contribution is 5.93. The Morgan fingerprint density at radius 3 is 1.40 bits per heavy atom. The van der Waals surface area contributed by atoms with Crippen LogP contribution in [-0.4, -0.2) is 0 Å². The summed E-state index contributed by atoms with van der Waals surface area (Å²) in [7, 11) is 0. The van der Waals surface area contributed by atoms with Crippen LogP contribution in [0.5, 0.6) is 0 Å². The number of hydrogen-bond acceptors (Lipinski definition) is 1. The van der Waals surface area contributed by atoms with Gasteiger partial charge >= 0.3 is 0 Å². The van der Waals surface area contributed by atoms with Crippen LogP contribution >= 0.6 is 0 Å². The van der Waals surface area contributed by atoms with E-state index in [-0.39, 0.29) is 0 Å². The maximum absolute atomic E-state index is 2.42. The van der Waals surface area contributed by atoms with E-state index in [4.69, 9.17) is 0 Å². The van der Waals surface area contributed by atoms with Crippen molar-refractivity contribution in [1.29, 1.82) is 0 Å². The molecule has 0 bridgehead atoms. The third kappa shape index (κ3) is 4.86. The Morgan fingerprint density at radius 2 is 0.760 bits per heavy atom. The Balaban J connectivity index is 1.28. The molecule has 1 nitrogen and oxygen atoms in total. The van der Waals surface area contributed by atoms with E-state index < -0.39 is 5.41 Å². The first kappa shape index (κ1) is 29.7. The zero-order valence-corrected chi connectivity index (χ0v) is 27.7. The molecule has 0 heterocycles. The van der Waals surface area contributed by atoms with Crippen LogP contribution in [0.3, 0.4) is 0 Å². The van der Waals surface area contributed by atoms with Crippen molar-refractivity contribution in [2.24, 2.45) is 0 Å². The van der Waals surface area contributed by atoms with Crippen molar-refractivity contribution in [3.63, 3.8) is 0 Å². The second-order valence-electron chi connectivity index (χ2n) is 12.9. The standard InChI is InChI=1S/C49H35N/c1-5-17-36(18-6-1)37-29-31-41(32-30-37)50(48-28-16-14-25-43(48)38-19-7-2-8-20-38)42-33-34-47-45(35-42)44-26-13-15-27-46(44)49(47,39-21-9-3-10-22-39)40-23-11-4-12-24-40/h1-35H. The summed E-state index contributed by atoms with van der Waals surface area (Å²) in [4.78, 5) is 2.42. The molecule has 0 unspecified atom stereocenters. The largest absolute Gasteiger partial charge is 0.310 e. The quantitative estimate of drug-likeness (QED) is 0.168. The summed E-state index contributed by atoms with van der Waals surface area (Å²) >= 11 is 0. The second-order valence-corrected chi connectivity index (χ2v) is 12.9. The molecule has 0 saturated heterocycles. The van der Waals surface area contributed by atoms with Crippen LogP contribution in [0.15, 0.2) is 212 Å². The van der Waals surface area contributed by atoms with E-state index in [1.165, 1.54) is 55.6 Å². The third-order valence-corrected chi connectivity index (χ3v) is 10.2. The van der Waals surface area contributed by atoms with Gasteiger partial charge in [0.2, 0.25) is 0 Å². The van der Waals surface area contributed by atoms with Crippen molar-refractivity contribution in [1.82, 2.24) is 0 Å². The van der Waals surface area contributed by atoms with Crippen molar-refractivity contribution in [2.45, 2.75) is 5.41 Å². The Morgan fingerprint density at radius 1 is 0.300 bits per heavy atom. The van der Waals surface area contributed by atoms with Gasteiger partial charge in [-0.15, -0.1) is 0 Å². The Kier molecular flexibility index (Phi) is 7.44. The normalized spacial score (nSPS) is 12.6. The molecule has 0 aromatic heterocycles. The van der Waals surface area contributed by atoms with Gasteiger partial charge < -0.3 is 4.90 Å². The lowest BCUT2D eigenvalue weighted by molar-refractivity contribution is 0.768. The van der Waals surface area contributed by atoms with Gasteiger partial charge in [0, 0.05) is 16.9 Å². The summed E-state index contributed by atoms with van der Waals surface area (Å²) in [6, 6.07) is 77.1. The van der Waals surface area contributed by atoms with Crippen molar-refractivity contribution < 1.29 is 0 Å². The lowest BCUT2D eigenvalue weighted by Gasteiger charge is -2.34. The molecule has 0 N–H and O–H groups in total. The van der Waals surface area contributed by atoms with Crippen molar-refractivity contribution in [2.75, 3.05) is 4.90 Å². The molecule has 0 aliphatic heterocycles. The summed E-state index contributed by atoms with van der Waals surface area (Å²) in [5.74, 6) is 0. The summed E-state index contributed by atoms with van der Waals surface area (Å²) < 4.78 is 0. The summed E-state index contributed by atoms with van der Waals surface area (Å²) in [5.41, 5.74) is 15.4. The minimum absolute atomic E-state index is 0.433. The van der Waals surface area contributed by atoms with Crippen LogP contribution < -0.4 is 4.90 Å². The van der Waals surface area contributed by atoms with Crippen molar-refractivity contribution in [3.8, 4) is 33.4 Å². The first-order valence-electron chi connectivity index (χ1n) is 17.3. The lowest BCUT2D eigenvalue weighted by Crippen LogP contribution is -2.28. The van der Waals surface area contributed by atoms with Crippen LogP contribution in [0.25, 0.3) is 33.4 Å². The fourth-order valence-electron chi connectivity index (χ4n) is 7.97. The molecule has 0 saturated carbocycles. The first-order chi connectivity index (χ1) is 24.8. The van der Waals surface area contributed by atoms with Crippen LogP contribution in [-0.2, 0) is 5.41 Å². The van der Waals surface area contributed by atoms with Crippen LogP contribution in [0.2, 0.25) is 0 Å². The van der Waals surface area contributed by atoms with Gasteiger partial charge in [0.25, 0.3) is 0 Å². The van der Waals surface area contributed by atoms with Gasteiger partial charge in [0.1, 0.15) is 0 Å². The van der Waals surface area contributed by atoms with E-state index in [0.717, 1.165) is 17.1 Å². The molecule has 9 rings (SSSR count). The van der Waals surface area contributed by atoms with E-state index in [0.29, 0.717) is 0 Å². The van der Waals surface area contributed by atoms with Crippen LogP contribution in [0.1, 0.15) is 22.3 Å². The number of nitrogens with zero attached hydrogens (tertiary/aromatic N) is 1. The summed E-state index contributed by atoms with van der Waals surface area (Å²) in [6.45, 7) is 0. The average molecular weight is 638 g/mol. The Hall–Kier alpha value is -6.44. The molecular formula is C49H35N.